The summed E-state index contributed by atoms with van der Waals surface area (Å²) in [5.74, 6) is 1.84. The van der Waals surface area contributed by atoms with Crippen LogP contribution in [-0.4, -0.2) is 11.9 Å². The van der Waals surface area contributed by atoms with Crippen molar-refractivity contribution < 1.29 is 4.79 Å². The summed E-state index contributed by atoms with van der Waals surface area (Å²) in [4.78, 5) is 11.7. The van der Waals surface area contributed by atoms with E-state index >= 15 is 0 Å². The van der Waals surface area contributed by atoms with E-state index in [0.717, 1.165) is 12.8 Å². The van der Waals surface area contributed by atoms with Gasteiger partial charge in [0.2, 0.25) is 5.91 Å². The monoisotopic (exact) mass is 273 g/mol. The summed E-state index contributed by atoms with van der Waals surface area (Å²) < 4.78 is 0. The Bertz CT molecular complexity index is 447. The third kappa shape index (κ3) is 3.84. The van der Waals surface area contributed by atoms with Gasteiger partial charge < -0.3 is 5.32 Å². The summed E-state index contributed by atoms with van der Waals surface area (Å²) in [7, 11) is 0. The van der Waals surface area contributed by atoms with Crippen LogP contribution in [0.4, 0.5) is 0 Å². The first-order valence-electron chi connectivity index (χ1n) is 7.84. The molecule has 20 heavy (non-hydrogen) atoms. The molecule has 0 aromatic heterocycles. The fraction of sp³-hybridized carbons (Fsp3) is 0.611. The number of carbonyl (C=O) groups is 1. The van der Waals surface area contributed by atoms with Crippen molar-refractivity contribution in [2.45, 2.75) is 58.9 Å². The van der Waals surface area contributed by atoms with E-state index in [1.807, 2.05) is 0 Å². The van der Waals surface area contributed by atoms with E-state index < -0.39 is 0 Å². The average molecular weight is 273 g/mol. The van der Waals surface area contributed by atoms with Gasteiger partial charge in [-0.3, -0.25) is 4.79 Å². The number of hydrogen-bond acceptors (Lipinski definition) is 1. The smallest absolute Gasteiger partial charge is 0.220 e. The molecule has 2 unspecified atom stereocenters. The van der Waals surface area contributed by atoms with Crippen molar-refractivity contribution in [3.05, 3.63) is 35.4 Å². The highest BCUT2D eigenvalue weighted by molar-refractivity contribution is 5.80. The van der Waals surface area contributed by atoms with Gasteiger partial charge in [-0.15, -0.1) is 0 Å². The topological polar surface area (TPSA) is 29.1 Å². The summed E-state index contributed by atoms with van der Waals surface area (Å²) in [5.41, 5.74) is 2.70. The van der Waals surface area contributed by atoms with Crippen molar-refractivity contribution in [2.24, 2.45) is 11.8 Å². The third-order valence-corrected chi connectivity index (χ3v) is 4.01. The zero-order valence-corrected chi connectivity index (χ0v) is 13.1. The summed E-state index contributed by atoms with van der Waals surface area (Å²) in [6.45, 7) is 8.92. The molecule has 0 spiro atoms. The van der Waals surface area contributed by atoms with Crippen LogP contribution in [0, 0.1) is 11.8 Å². The molecular formula is C18H27NO. The minimum absolute atomic E-state index is 0.201. The van der Waals surface area contributed by atoms with Gasteiger partial charge in [0.15, 0.2) is 0 Å². The Labute approximate surface area is 123 Å². The highest BCUT2D eigenvalue weighted by atomic mass is 16.2. The van der Waals surface area contributed by atoms with Gasteiger partial charge in [-0.25, -0.2) is 0 Å². The van der Waals surface area contributed by atoms with Crippen LogP contribution in [0.1, 0.15) is 57.6 Å². The van der Waals surface area contributed by atoms with Crippen LogP contribution < -0.4 is 5.32 Å². The molecule has 0 bridgehead atoms. The number of benzene rings is 1. The number of hydrogen-bond donors (Lipinski definition) is 1. The van der Waals surface area contributed by atoms with Crippen LogP contribution in [0.3, 0.4) is 0 Å². The molecule has 1 heterocycles. The number of carbonyl (C=O) groups excluding carboxylic acids is 1. The Hall–Kier alpha value is -1.31. The van der Waals surface area contributed by atoms with Crippen LogP contribution in [0.15, 0.2) is 24.3 Å². The maximum Gasteiger partial charge on any atom is 0.220 e. The summed E-state index contributed by atoms with van der Waals surface area (Å²) >= 11 is 0. The van der Waals surface area contributed by atoms with Gasteiger partial charge in [0.1, 0.15) is 0 Å². The molecule has 1 aliphatic heterocycles. The number of amides is 1. The largest absolute Gasteiger partial charge is 0.353 e. The summed E-state index contributed by atoms with van der Waals surface area (Å²) in [5, 5.41) is 3.14. The fourth-order valence-corrected chi connectivity index (χ4v) is 3.16. The van der Waals surface area contributed by atoms with Crippen LogP contribution in [0.5, 0.6) is 0 Å². The number of rotatable bonds is 5. The van der Waals surface area contributed by atoms with E-state index in [1.165, 1.54) is 11.1 Å². The van der Waals surface area contributed by atoms with E-state index in [1.54, 1.807) is 0 Å². The molecule has 0 aliphatic carbocycles. The van der Waals surface area contributed by atoms with E-state index in [4.69, 9.17) is 0 Å². The van der Waals surface area contributed by atoms with E-state index in [0.29, 0.717) is 30.2 Å². The van der Waals surface area contributed by atoms with Crippen molar-refractivity contribution in [3.8, 4) is 0 Å². The maximum absolute atomic E-state index is 11.7. The zero-order chi connectivity index (χ0) is 14.7. The average Bonchev–Trinajstić information content (AvgIpc) is 2.69. The molecule has 1 N–H and O–H groups in total. The molecule has 1 amide bonds. The lowest BCUT2D eigenvalue weighted by Crippen LogP contribution is -2.29. The summed E-state index contributed by atoms with van der Waals surface area (Å²) in [6.07, 6.45) is 2.82. The molecule has 1 saturated heterocycles. The minimum atomic E-state index is 0.201. The van der Waals surface area contributed by atoms with Crippen LogP contribution in [0.2, 0.25) is 0 Å². The van der Waals surface area contributed by atoms with Crippen molar-refractivity contribution in [1.29, 1.82) is 0 Å². The van der Waals surface area contributed by atoms with Crippen LogP contribution >= 0.6 is 0 Å². The van der Waals surface area contributed by atoms with Gasteiger partial charge in [-0.2, -0.15) is 0 Å². The maximum atomic E-state index is 11.7. The van der Waals surface area contributed by atoms with Crippen molar-refractivity contribution in [1.82, 2.24) is 5.32 Å². The normalized spacial score (nSPS) is 22.6. The first-order valence-corrected chi connectivity index (χ1v) is 7.84. The standard InChI is InChI=1S/C18H27NO/c1-12(2)9-14-5-7-15(8-6-14)16-11-18(20)19-17(16)10-13(3)4/h5-8,12-13,16-17H,9-11H2,1-4H3,(H,19,20). The van der Waals surface area contributed by atoms with Crippen LogP contribution in [0.25, 0.3) is 0 Å². The second kappa shape index (κ2) is 6.43. The van der Waals surface area contributed by atoms with Gasteiger partial charge in [0.25, 0.3) is 0 Å². The minimum Gasteiger partial charge on any atom is -0.353 e. The highest BCUT2D eigenvalue weighted by Crippen LogP contribution is 2.32. The first kappa shape index (κ1) is 15.1. The first-order chi connectivity index (χ1) is 9.45. The van der Waals surface area contributed by atoms with Gasteiger partial charge in [0, 0.05) is 18.4 Å². The van der Waals surface area contributed by atoms with E-state index in [-0.39, 0.29) is 5.91 Å². The highest BCUT2D eigenvalue weighted by Gasteiger charge is 2.33. The van der Waals surface area contributed by atoms with Crippen molar-refractivity contribution in [3.63, 3.8) is 0 Å². The molecule has 1 aromatic carbocycles. The molecule has 2 atom stereocenters. The van der Waals surface area contributed by atoms with Crippen molar-refractivity contribution in [2.75, 3.05) is 0 Å². The molecule has 0 radical (unpaired) electrons. The molecule has 1 aliphatic rings. The molecule has 1 fully saturated rings. The lowest BCUT2D eigenvalue weighted by Gasteiger charge is -2.21. The Morgan fingerprint density at radius 2 is 1.75 bits per heavy atom. The molecule has 1 aromatic rings. The summed E-state index contributed by atoms with van der Waals surface area (Å²) in [6, 6.07) is 9.19. The molecule has 0 saturated carbocycles. The Morgan fingerprint density at radius 1 is 1.10 bits per heavy atom. The molecule has 2 rings (SSSR count). The van der Waals surface area contributed by atoms with Gasteiger partial charge in [-0.1, -0.05) is 52.0 Å². The molecule has 110 valence electrons. The molecule has 2 nitrogen and oxygen atoms in total. The molecular weight excluding hydrogens is 246 g/mol. The quantitative estimate of drug-likeness (QED) is 0.866. The van der Waals surface area contributed by atoms with Gasteiger partial charge in [-0.05, 0) is 35.8 Å². The van der Waals surface area contributed by atoms with E-state index in [9.17, 15) is 4.79 Å². The Kier molecular flexibility index (Phi) is 4.85. The third-order valence-electron chi connectivity index (χ3n) is 4.01. The van der Waals surface area contributed by atoms with Gasteiger partial charge in [0.05, 0.1) is 0 Å². The van der Waals surface area contributed by atoms with E-state index in [2.05, 4.69) is 57.3 Å². The number of nitrogens with one attached hydrogen (secondary N) is 1. The predicted octanol–water partition coefficient (Wildman–Crippen LogP) is 3.90. The SMILES string of the molecule is CC(C)Cc1ccc(C2CC(=O)NC2CC(C)C)cc1. The lowest BCUT2D eigenvalue weighted by atomic mass is 9.86. The second-order valence-corrected chi connectivity index (χ2v) is 6.95. The molecule has 2 heteroatoms. The lowest BCUT2D eigenvalue weighted by molar-refractivity contribution is -0.119. The fourth-order valence-electron chi connectivity index (χ4n) is 3.16. The Morgan fingerprint density at radius 3 is 2.30 bits per heavy atom. The Balaban J connectivity index is 2.10. The van der Waals surface area contributed by atoms with Gasteiger partial charge >= 0.3 is 0 Å². The van der Waals surface area contributed by atoms with Crippen LogP contribution in [-0.2, 0) is 11.2 Å². The zero-order valence-electron chi connectivity index (χ0n) is 13.1. The van der Waals surface area contributed by atoms with Crippen molar-refractivity contribution >= 4 is 5.91 Å². The second-order valence-electron chi connectivity index (χ2n) is 6.95. The predicted molar refractivity (Wildman–Crippen MR) is 83.7 cm³/mol.